The fourth-order valence-corrected chi connectivity index (χ4v) is 5.45. The quantitative estimate of drug-likeness (QED) is 0.201. The number of anilines is 2. The van der Waals surface area contributed by atoms with Crippen LogP contribution in [0.1, 0.15) is 10.5 Å². The van der Waals surface area contributed by atoms with Gasteiger partial charge in [-0.15, -0.1) is 0 Å². The zero-order chi connectivity index (χ0) is 30.7. The molecule has 1 amide bonds. The van der Waals surface area contributed by atoms with E-state index < -0.39 is 32.5 Å². The van der Waals surface area contributed by atoms with Crippen molar-refractivity contribution in [3.8, 4) is 22.8 Å². The summed E-state index contributed by atoms with van der Waals surface area (Å²) in [4.78, 5) is 20.8. The number of fused-ring (bicyclic) bond motifs is 1. The number of aliphatic hydroxyl groups is 1. The first kappa shape index (κ1) is 29.7. The highest BCUT2D eigenvalue weighted by Crippen LogP contribution is 2.32. The van der Waals surface area contributed by atoms with Crippen molar-refractivity contribution in [2.45, 2.75) is 4.90 Å². The number of methoxy groups -OCH3 is 1. The molecule has 0 fully saturated rings. The summed E-state index contributed by atoms with van der Waals surface area (Å²) in [5.41, 5.74) is 1.88. The van der Waals surface area contributed by atoms with Gasteiger partial charge in [-0.3, -0.25) is 13.9 Å². The third-order valence-electron chi connectivity index (χ3n) is 6.08. The average molecular weight is 630 g/mol. The molecule has 5 rings (SSSR count). The first-order valence-corrected chi connectivity index (χ1v) is 14.3. The number of nitrogens with zero attached hydrogens (tertiary/aromatic N) is 3. The summed E-state index contributed by atoms with van der Waals surface area (Å²) >= 11 is 6.21. The lowest BCUT2D eigenvalue weighted by Crippen LogP contribution is -2.16. The molecule has 15 heteroatoms. The smallest absolute Gasteiger partial charge is 0.274 e. The van der Waals surface area contributed by atoms with Gasteiger partial charge in [0.25, 0.3) is 15.9 Å². The van der Waals surface area contributed by atoms with Crippen molar-refractivity contribution < 1.29 is 36.6 Å². The maximum Gasteiger partial charge on any atom is 0.274 e. The van der Waals surface area contributed by atoms with Crippen LogP contribution in [0.5, 0.6) is 11.6 Å². The Balaban J connectivity index is 1.44. The predicted molar refractivity (Wildman–Crippen MR) is 154 cm³/mol. The molecule has 3 N–H and O–H groups in total. The van der Waals surface area contributed by atoms with Gasteiger partial charge >= 0.3 is 0 Å². The Morgan fingerprint density at radius 1 is 1.05 bits per heavy atom. The summed E-state index contributed by atoms with van der Waals surface area (Å²) in [5, 5.41) is 11.9. The molecule has 3 aromatic heterocycles. The number of nitrogens with one attached hydrogen (secondary N) is 2. The first-order valence-electron chi connectivity index (χ1n) is 12.4. The van der Waals surface area contributed by atoms with Gasteiger partial charge in [-0.25, -0.2) is 27.2 Å². The molecule has 2 aromatic carbocycles. The highest BCUT2D eigenvalue weighted by molar-refractivity contribution is 7.92. The van der Waals surface area contributed by atoms with Gasteiger partial charge in [-0.2, -0.15) is 0 Å². The number of sulfonamides is 1. The minimum Gasteiger partial charge on any atom is -0.490 e. The number of rotatable bonds is 10. The molecule has 0 unspecified atom stereocenters. The van der Waals surface area contributed by atoms with Crippen molar-refractivity contribution in [3.05, 3.63) is 95.5 Å². The Kier molecular flexibility index (Phi) is 8.43. The fraction of sp³-hybridized carbons (Fsp3) is 0.107. The van der Waals surface area contributed by atoms with Crippen LogP contribution >= 0.6 is 11.6 Å². The molecule has 0 radical (unpaired) electrons. The molecule has 222 valence electrons. The highest BCUT2D eigenvalue weighted by atomic mass is 35.5. The van der Waals surface area contributed by atoms with Crippen molar-refractivity contribution in [3.63, 3.8) is 0 Å². The van der Waals surface area contributed by atoms with E-state index in [0.717, 1.165) is 12.1 Å². The standard InChI is InChI=1S/C28H22ClF2N5O6S/c1-41-28-22(35-43(39,40)25-6-3-18(30)11-21(25)31)10-17(13-33-28)16-2-7-26-32-14-23(36(26)15-16)27(38)34-19-4-5-24(20(29)12-19)42-9-8-37/h2-7,10-15,35,37H,8-9H2,1H3,(H,34,38). The Morgan fingerprint density at radius 2 is 1.86 bits per heavy atom. The molecule has 0 spiro atoms. The van der Waals surface area contributed by atoms with Crippen LogP contribution in [0.3, 0.4) is 0 Å². The Bertz CT molecular complexity index is 1950. The number of ether oxygens (including phenoxy) is 2. The Labute approximate surface area is 248 Å². The molecule has 0 saturated heterocycles. The van der Waals surface area contributed by atoms with Gasteiger partial charge in [0.2, 0.25) is 5.88 Å². The number of pyridine rings is 2. The summed E-state index contributed by atoms with van der Waals surface area (Å²) in [6, 6.07) is 11.5. The molecule has 0 bridgehead atoms. The van der Waals surface area contributed by atoms with E-state index in [9.17, 15) is 22.0 Å². The third-order valence-corrected chi connectivity index (χ3v) is 7.78. The van der Waals surface area contributed by atoms with E-state index in [0.29, 0.717) is 34.3 Å². The van der Waals surface area contributed by atoms with Crippen LogP contribution in [0.15, 0.2) is 78.1 Å². The molecule has 11 nitrogen and oxygen atoms in total. The zero-order valence-corrected chi connectivity index (χ0v) is 23.8. The SMILES string of the molecule is COc1ncc(-c2ccc3ncc(C(=O)Nc4ccc(OCCO)c(Cl)c4)n3c2)cc1NS(=O)(=O)c1ccc(F)cc1F. The van der Waals surface area contributed by atoms with Crippen molar-refractivity contribution in [2.75, 3.05) is 30.4 Å². The molecule has 0 aliphatic rings. The lowest BCUT2D eigenvalue weighted by atomic mass is 10.1. The Hall–Kier alpha value is -4.79. The number of carbonyl (C=O) groups excluding carboxylic acids is 1. The van der Waals surface area contributed by atoms with E-state index in [4.69, 9.17) is 26.2 Å². The van der Waals surface area contributed by atoms with Crippen molar-refractivity contribution >= 4 is 44.6 Å². The molecule has 0 atom stereocenters. The second-order valence-electron chi connectivity index (χ2n) is 8.92. The van der Waals surface area contributed by atoms with E-state index in [1.807, 2.05) is 0 Å². The van der Waals surface area contributed by atoms with Crippen molar-refractivity contribution in [1.29, 1.82) is 0 Å². The van der Waals surface area contributed by atoms with Crippen molar-refractivity contribution in [2.24, 2.45) is 0 Å². The molecule has 43 heavy (non-hydrogen) atoms. The summed E-state index contributed by atoms with van der Waals surface area (Å²) < 4.78 is 67.7. The number of imidazole rings is 1. The number of hydrogen-bond donors (Lipinski definition) is 3. The van der Waals surface area contributed by atoms with E-state index in [-0.39, 0.29) is 35.5 Å². The summed E-state index contributed by atoms with van der Waals surface area (Å²) in [6.07, 6.45) is 4.42. The number of aliphatic hydroxyl groups excluding tert-OH is 1. The minimum atomic E-state index is -4.48. The predicted octanol–water partition coefficient (Wildman–Crippen LogP) is 4.76. The van der Waals surface area contributed by atoms with Gasteiger partial charge in [-0.1, -0.05) is 11.6 Å². The molecule has 0 saturated carbocycles. The maximum absolute atomic E-state index is 14.2. The molecule has 5 aromatic rings. The topological polar surface area (TPSA) is 144 Å². The van der Waals surface area contributed by atoms with Crippen LogP contribution in [0.4, 0.5) is 20.2 Å². The minimum absolute atomic E-state index is 0.0689. The lowest BCUT2D eigenvalue weighted by molar-refractivity contribution is 0.102. The maximum atomic E-state index is 14.2. The molecular formula is C28H22ClF2N5O6S. The summed E-state index contributed by atoms with van der Waals surface area (Å²) in [5.74, 6) is -2.42. The van der Waals surface area contributed by atoms with Gasteiger partial charge < -0.3 is 19.9 Å². The second-order valence-corrected chi connectivity index (χ2v) is 11.0. The van der Waals surface area contributed by atoms with E-state index in [2.05, 4.69) is 20.0 Å². The highest BCUT2D eigenvalue weighted by Gasteiger charge is 2.22. The van der Waals surface area contributed by atoms with Crippen LogP contribution < -0.4 is 19.5 Å². The normalized spacial score (nSPS) is 11.4. The van der Waals surface area contributed by atoms with E-state index in [1.54, 1.807) is 30.5 Å². The third kappa shape index (κ3) is 6.35. The fourth-order valence-electron chi connectivity index (χ4n) is 4.10. The summed E-state index contributed by atoms with van der Waals surface area (Å²) in [7, 11) is -3.20. The zero-order valence-electron chi connectivity index (χ0n) is 22.2. The van der Waals surface area contributed by atoms with Crippen molar-refractivity contribution in [1.82, 2.24) is 14.4 Å². The van der Waals surface area contributed by atoms with E-state index >= 15 is 0 Å². The summed E-state index contributed by atoms with van der Waals surface area (Å²) in [6.45, 7) is -0.107. The number of aromatic nitrogens is 3. The lowest BCUT2D eigenvalue weighted by Gasteiger charge is -2.13. The van der Waals surface area contributed by atoms with Crippen LogP contribution in [0.25, 0.3) is 16.8 Å². The van der Waals surface area contributed by atoms with Gasteiger partial charge in [0, 0.05) is 35.3 Å². The second kappa shape index (κ2) is 12.2. The monoisotopic (exact) mass is 629 g/mol. The van der Waals surface area contributed by atoms with Crippen LogP contribution in [0, 0.1) is 11.6 Å². The van der Waals surface area contributed by atoms with Crippen LogP contribution in [-0.4, -0.2) is 54.1 Å². The number of benzene rings is 2. The number of amides is 1. The first-order chi connectivity index (χ1) is 20.6. The van der Waals surface area contributed by atoms with Gasteiger partial charge in [-0.05, 0) is 48.5 Å². The van der Waals surface area contributed by atoms with Crippen LogP contribution in [0.2, 0.25) is 5.02 Å². The number of carbonyl (C=O) groups is 1. The Morgan fingerprint density at radius 3 is 2.58 bits per heavy atom. The van der Waals surface area contributed by atoms with E-state index in [1.165, 1.54) is 36.0 Å². The van der Waals surface area contributed by atoms with Gasteiger partial charge in [0.05, 0.1) is 24.9 Å². The molecular weight excluding hydrogens is 608 g/mol. The number of halogens is 3. The average Bonchev–Trinajstić information content (AvgIpc) is 3.40. The molecule has 0 aliphatic heterocycles. The van der Waals surface area contributed by atoms with Gasteiger partial charge in [0.1, 0.15) is 45.9 Å². The van der Waals surface area contributed by atoms with Crippen LogP contribution in [-0.2, 0) is 10.0 Å². The largest absolute Gasteiger partial charge is 0.490 e. The molecule has 3 heterocycles. The molecule has 0 aliphatic carbocycles. The number of hydrogen-bond acceptors (Lipinski definition) is 8. The van der Waals surface area contributed by atoms with Gasteiger partial charge in [0.15, 0.2) is 0 Å².